The average Bonchev–Trinajstić information content (AvgIpc) is 2.31. The second-order valence-electron chi connectivity index (χ2n) is 4.45. The van der Waals surface area contributed by atoms with Crippen molar-refractivity contribution in [1.82, 2.24) is 4.90 Å². The second kappa shape index (κ2) is 5.97. The minimum atomic E-state index is -0.0315. The molecule has 1 rings (SSSR count). The van der Waals surface area contributed by atoms with Crippen molar-refractivity contribution in [1.29, 1.82) is 0 Å². The number of ketones is 1. The van der Waals surface area contributed by atoms with Crippen LogP contribution in [0.5, 0.6) is 0 Å². The lowest BCUT2D eigenvalue weighted by molar-refractivity contribution is -0.122. The van der Waals surface area contributed by atoms with Crippen molar-refractivity contribution in [2.24, 2.45) is 5.73 Å². The molecule has 16 heavy (non-hydrogen) atoms. The van der Waals surface area contributed by atoms with Crippen molar-refractivity contribution in [3.63, 3.8) is 0 Å². The van der Waals surface area contributed by atoms with Crippen molar-refractivity contribution in [2.75, 3.05) is 19.6 Å². The standard InChI is InChI=1S/C13H22N2O/c1-3-9-15(10-4-2)13(11-14)7-5-12(16)6-8-13/h3-4H,1-2,5-11,14H2. The third-order valence-electron chi connectivity index (χ3n) is 3.49. The van der Waals surface area contributed by atoms with Gasteiger partial charge in [0.25, 0.3) is 0 Å². The quantitative estimate of drug-likeness (QED) is 0.693. The lowest BCUT2D eigenvalue weighted by atomic mass is 9.79. The summed E-state index contributed by atoms with van der Waals surface area (Å²) in [6, 6.07) is 0. The first-order chi connectivity index (χ1) is 7.68. The number of hydrogen-bond acceptors (Lipinski definition) is 3. The zero-order valence-corrected chi connectivity index (χ0v) is 9.95. The maximum Gasteiger partial charge on any atom is 0.133 e. The number of carbonyl (C=O) groups is 1. The lowest BCUT2D eigenvalue weighted by Gasteiger charge is -2.45. The van der Waals surface area contributed by atoms with E-state index < -0.39 is 0 Å². The first kappa shape index (κ1) is 13.1. The summed E-state index contributed by atoms with van der Waals surface area (Å²) in [5, 5.41) is 0. The fraction of sp³-hybridized carbons (Fsp3) is 0.615. The lowest BCUT2D eigenvalue weighted by Crippen LogP contribution is -2.56. The van der Waals surface area contributed by atoms with E-state index in [1.54, 1.807) is 0 Å². The summed E-state index contributed by atoms with van der Waals surface area (Å²) in [6.45, 7) is 9.75. The van der Waals surface area contributed by atoms with E-state index in [0.29, 0.717) is 25.2 Å². The van der Waals surface area contributed by atoms with Crippen molar-refractivity contribution in [2.45, 2.75) is 31.2 Å². The maximum absolute atomic E-state index is 11.3. The molecule has 0 unspecified atom stereocenters. The predicted molar refractivity (Wildman–Crippen MR) is 67.2 cm³/mol. The van der Waals surface area contributed by atoms with Gasteiger partial charge in [0.2, 0.25) is 0 Å². The van der Waals surface area contributed by atoms with Crippen LogP contribution in [0.25, 0.3) is 0 Å². The molecule has 0 radical (unpaired) electrons. The topological polar surface area (TPSA) is 46.3 Å². The molecule has 0 atom stereocenters. The molecule has 0 spiro atoms. The fourth-order valence-electron chi connectivity index (χ4n) is 2.42. The molecule has 3 heteroatoms. The first-order valence-corrected chi connectivity index (χ1v) is 5.87. The molecule has 0 bridgehead atoms. The molecule has 2 N–H and O–H groups in total. The van der Waals surface area contributed by atoms with Crippen molar-refractivity contribution in [3.05, 3.63) is 25.3 Å². The SMILES string of the molecule is C=CCN(CC=C)C1(CN)CCC(=O)CC1. The van der Waals surface area contributed by atoms with Gasteiger partial charge in [-0.15, -0.1) is 13.2 Å². The first-order valence-electron chi connectivity index (χ1n) is 5.87. The van der Waals surface area contributed by atoms with Crippen LogP contribution >= 0.6 is 0 Å². The van der Waals surface area contributed by atoms with Crippen LogP contribution in [0, 0.1) is 0 Å². The number of rotatable bonds is 6. The van der Waals surface area contributed by atoms with Crippen LogP contribution in [0.3, 0.4) is 0 Å². The Morgan fingerprint density at radius 3 is 2.12 bits per heavy atom. The molecule has 0 heterocycles. The summed E-state index contributed by atoms with van der Waals surface area (Å²) < 4.78 is 0. The van der Waals surface area contributed by atoms with Crippen molar-refractivity contribution >= 4 is 5.78 Å². The minimum absolute atomic E-state index is 0.0315. The number of carbonyl (C=O) groups excluding carboxylic acids is 1. The Bertz CT molecular complexity index is 253. The van der Waals surface area contributed by atoms with E-state index >= 15 is 0 Å². The van der Waals surface area contributed by atoms with Crippen LogP contribution in [-0.4, -0.2) is 35.9 Å². The van der Waals surface area contributed by atoms with E-state index in [1.165, 1.54) is 0 Å². The molecule has 0 amide bonds. The average molecular weight is 222 g/mol. The summed E-state index contributed by atoms with van der Waals surface area (Å²) in [7, 11) is 0. The highest BCUT2D eigenvalue weighted by Crippen LogP contribution is 2.31. The van der Waals surface area contributed by atoms with Crippen LogP contribution in [-0.2, 0) is 4.79 Å². The molecule has 1 fully saturated rings. The summed E-state index contributed by atoms with van der Waals surface area (Å²) >= 11 is 0. The predicted octanol–water partition coefficient (Wildman–Crippen LogP) is 1.50. The Morgan fingerprint density at radius 1 is 1.25 bits per heavy atom. The highest BCUT2D eigenvalue weighted by Gasteiger charge is 2.37. The van der Waals surface area contributed by atoms with Gasteiger partial charge in [-0.2, -0.15) is 0 Å². The Balaban J connectivity index is 2.78. The normalized spacial score (nSPS) is 19.8. The van der Waals surface area contributed by atoms with Crippen LogP contribution in [0.4, 0.5) is 0 Å². The van der Waals surface area contributed by atoms with Gasteiger partial charge in [-0.1, -0.05) is 12.2 Å². The van der Waals surface area contributed by atoms with Crippen molar-refractivity contribution < 1.29 is 4.79 Å². The molecule has 1 aliphatic rings. The van der Waals surface area contributed by atoms with Crippen LogP contribution in [0.15, 0.2) is 25.3 Å². The van der Waals surface area contributed by atoms with E-state index in [1.807, 2.05) is 12.2 Å². The molecule has 0 aromatic heterocycles. The highest BCUT2D eigenvalue weighted by molar-refractivity contribution is 5.79. The molecule has 90 valence electrons. The Morgan fingerprint density at radius 2 is 1.75 bits per heavy atom. The molecule has 3 nitrogen and oxygen atoms in total. The molecule has 1 saturated carbocycles. The van der Waals surface area contributed by atoms with Gasteiger partial charge in [0.1, 0.15) is 5.78 Å². The Hall–Kier alpha value is -0.930. The monoisotopic (exact) mass is 222 g/mol. The molecule has 0 aliphatic heterocycles. The Kier molecular flexibility index (Phi) is 4.90. The van der Waals surface area contributed by atoms with Crippen molar-refractivity contribution in [3.8, 4) is 0 Å². The van der Waals surface area contributed by atoms with Gasteiger partial charge in [-0.05, 0) is 12.8 Å². The third-order valence-corrected chi connectivity index (χ3v) is 3.49. The summed E-state index contributed by atoms with van der Waals surface area (Å²) in [5.74, 6) is 0.362. The van der Waals surface area contributed by atoms with E-state index in [9.17, 15) is 4.79 Å². The number of Topliss-reactive ketones (excluding diaryl/α,β-unsaturated/α-hetero) is 1. The fourth-order valence-corrected chi connectivity index (χ4v) is 2.42. The third kappa shape index (κ3) is 2.80. The summed E-state index contributed by atoms with van der Waals surface area (Å²) in [6.07, 6.45) is 6.81. The molecule has 0 aromatic rings. The molecule has 0 aromatic carbocycles. The van der Waals surface area contributed by atoms with Gasteiger partial charge in [0, 0.05) is 38.0 Å². The van der Waals surface area contributed by atoms with E-state index in [-0.39, 0.29) is 5.54 Å². The van der Waals surface area contributed by atoms with Crippen LogP contribution in [0.1, 0.15) is 25.7 Å². The zero-order chi connectivity index (χ0) is 12.0. The maximum atomic E-state index is 11.3. The molecular weight excluding hydrogens is 200 g/mol. The summed E-state index contributed by atoms with van der Waals surface area (Å²) in [5.41, 5.74) is 5.89. The summed E-state index contributed by atoms with van der Waals surface area (Å²) in [4.78, 5) is 13.6. The van der Waals surface area contributed by atoms with Gasteiger partial charge in [-0.3, -0.25) is 9.69 Å². The van der Waals surface area contributed by atoms with Crippen LogP contribution in [0.2, 0.25) is 0 Å². The molecule has 0 saturated heterocycles. The number of hydrogen-bond donors (Lipinski definition) is 1. The van der Waals surface area contributed by atoms with Gasteiger partial charge in [0.05, 0.1) is 0 Å². The highest BCUT2D eigenvalue weighted by atomic mass is 16.1. The molecular formula is C13H22N2O. The van der Waals surface area contributed by atoms with Crippen LogP contribution < -0.4 is 5.73 Å². The largest absolute Gasteiger partial charge is 0.329 e. The van der Waals surface area contributed by atoms with Gasteiger partial charge >= 0.3 is 0 Å². The van der Waals surface area contributed by atoms with E-state index in [0.717, 1.165) is 25.9 Å². The number of nitrogens with zero attached hydrogens (tertiary/aromatic N) is 1. The number of nitrogens with two attached hydrogens (primary N) is 1. The zero-order valence-electron chi connectivity index (χ0n) is 9.95. The molecule has 1 aliphatic carbocycles. The van der Waals surface area contributed by atoms with E-state index in [4.69, 9.17) is 5.73 Å². The Labute approximate surface area is 98.0 Å². The van der Waals surface area contributed by atoms with E-state index in [2.05, 4.69) is 18.1 Å². The van der Waals surface area contributed by atoms with Gasteiger partial charge in [0.15, 0.2) is 0 Å². The van der Waals surface area contributed by atoms with Gasteiger partial charge < -0.3 is 5.73 Å². The van der Waals surface area contributed by atoms with Gasteiger partial charge in [-0.25, -0.2) is 0 Å². The smallest absolute Gasteiger partial charge is 0.133 e. The second-order valence-corrected chi connectivity index (χ2v) is 4.45. The minimum Gasteiger partial charge on any atom is -0.329 e.